The van der Waals surface area contributed by atoms with E-state index in [1.807, 2.05) is 6.92 Å². The van der Waals surface area contributed by atoms with E-state index in [1.165, 1.54) is 6.07 Å². The second-order valence-electron chi connectivity index (χ2n) is 3.27. The third-order valence-corrected chi connectivity index (χ3v) is 2.39. The van der Waals surface area contributed by atoms with Gasteiger partial charge in [0.1, 0.15) is 0 Å². The third-order valence-electron chi connectivity index (χ3n) is 2.15. The Kier molecular flexibility index (Phi) is 4.21. The molecule has 0 saturated heterocycles. The van der Waals surface area contributed by atoms with Crippen molar-refractivity contribution in [1.29, 1.82) is 0 Å². The number of aromatic carboxylic acids is 1. The molecule has 0 bridgehead atoms. The molecule has 0 amide bonds. The zero-order valence-corrected chi connectivity index (χ0v) is 9.58. The molecular formula is C12H12ClNO2. The zero-order chi connectivity index (χ0) is 12.1. The van der Waals surface area contributed by atoms with Crippen LogP contribution in [0.15, 0.2) is 18.2 Å². The molecule has 0 heterocycles. The van der Waals surface area contributed by atoms with Crippen molar-refractivity contribution < 1.29 is 9.90 Å². The molecule has 0 saturated carbocycles. The molecule has 84 valence electrons. The van der Waals surface area contributed by atoms with Gasteiger partial charge in [0.25, 0.3) is 0 Å². The smallest absolute Gasteiger partial charge is 0.337 e. The summed E-state index contributed by atoms with van der Waals surface area (Å²) in [5, 5.41) is 12.4. The normalized spacial score (nSPS) is 11.6. The maximum atomic E-state index is 11.0. The topological polar surface area (TPSA) is 49.3 Å². The van der Waals surface area contributed by atoms with Gasteiger partial charge in [0.15, 0.2) is 0 Å². The molecular weight excluding hydrogens is 226 g/mol. The van der Waals surface area contributed by atoms with Crippen molar-refractivity contribution in [2.24, 2.45) is 0 Å². The minimum atomic E-state index is -1.03. The lowest BCUT2D eigenvalue weighted by molar-refractivity contribution is 0.0698. The number of halogens is 1. The number of anilines is 1. The van der Waals surface area contributed by atoms with Crippen LogP contribution in [0.3, 0.4) is 0 Å². The number of hydrogen-bond acceptors (Lipinski definition) is 2. The summed E-state index contributed by atoms with van der Waals surface area (Å²) < 4.78 is 0. The van der Waals surface area contributed by atoms with E-state index in [0.717, 1.165) is 6.42 Å². The molecule has 1 atom stereocenters. The minimum Gasteiger partial charge on any atom is -0.478 e. The standard InChI is InChI=1S/C12H12ClNO2/c1-3-9(4-2)14-11-6-5-8(13)7-10(11)12(15)16/h1,5-7,9,14H,4H2,2H3,(H,15,16). The summed E-state index contributed by atoms with van der Waals surface area (Å²) in [5.74, 6) is 1.51. The molecule has 16 heavy (non-hydrogen) atoms. The number of terminal acetylenes is 1. The molecule has 0 aliphatic heterocycles. The van der Waals surface area contributed by atoms with E-state index in [2.05, 4.69) is 11.2 Å². The van der Waals surface area contributed by atoms with E-state index in [-0.39, 0.29) is 11.6 Å². The van der Waals surface area contributed by atoms with Gasteiger partial charge in [-0.2, -0.15) is 0 Å². The summed E-state index contributed by atoms with van der Waals surface area (Å²) in [6.07, 6.45) is 6.02. The summed E-state index contributed by atoms with van der Waals surface area (Å²) in [5.41, 5.74) is 0.614. The van der Waals surface area contributed by atoms with Gasteiger partial charge in [-0.3, -0.25) is 0 Å². The molecule has 0 aliphatic carbocycles. The van der Waals surface area contributed by atoms with Gasteiger partial charge in [-0.05, 0) is 24.6 Å². The van der Waals surface area contributed by atoms with Crippen LogP contribution in [0, 0.1) is 12.3 Å². The van der Waals surface area contributed by atoms with Crippen LogP contribution in [0.5, 0.6) is 0 Å². The Labute approximate surface area is 99.4 Å². The lowest BCUT2D eigenvalue weighted by Crippen LogP contribution is -2.17. The van der Waals surface area contributed by atoms with Gasteiger partial charge in [0.2, 0.25) is 0 Å². The van der Waals surface area contributed by atoms with Crippen molar-refractivity contribution in [3.05, 3.63) is 28.8 Å². The van der Waals surface area contributed by atoms with Crippen molar-refractivity contribution in [1.82, 2.24) is 0 Å². The average Bonchev–Trinajstić information content (AvgIpc) is 2.27. The number of nitrogens with one attached hydrogen (secondary N) is 1. The maximum absolute atomic E-state index is 11.0. The van der Waals surface area contributed by atoms with E-state index < -0.39 is 5.97 Å². The zero-order valence-electron chi connectivity index (χ0n) is 8.83. The summed E-state index contributed by atoms with van der Waals surface area (Å²) in [6.45, 7) is 1.92. The summed E-state index contributed by atoms with van der Waals surface area (Å²) >= 11 is 5.73. The van der Waals surface area contributed by atoms with Gasteiger partial charge in [-0.25, -0.2) is 4.79 Å². The first-order valence-corrected chi connectivity index (χ1v) is 5.21. The molecule has 0 fully saturated rings. The molecule has 1 aromatic rings. The SMILES string of the molecule is C#CC(CC)Nc1ccc(Cl)cc1C(=O)O. The molecule has 4 heteroatoms. The molecule has 1 rings (SSSR count). The highest BCUT2D eigenvalue weighted by Gasteiger charge is 2.12. The fraction of sp³-hybridized carbons (Fsp3) is 0.250. The lowest BCUT2D eigenvalue weighted by atomic mass is 10.1. The van der Waals surface area contributed by atoms with Crippen molar-refractivity contribution in [2.75, 3.05) is 5.32 Å². The van der Waals surface area contributed by atoms with E-state index >= 15 is 0 Å². The van der Waals surface area contributed by atoms with Crippen molar-refractivity contribution in [3.8, 4) is 12.3 Å². The van der Waals surface area contributed by atoms with Crippen LogP contribution in [0.2, 0.25) is 5.02 Å². The molecule has 0 spiro atoms. The van der Waals surface area contributed by atoms with Crippen molar-refractivity contribution in [2.45, 2.75) is 19.4 Å². The quantitative estimate of drug-likeness (QED) is 0.792. The van der Waals surface area contributed by atoms with Crippen LogP contribution in [0.4, 0.5) is 5.69 Å². The van der Waals surface area contributed by atoms with E-state index in [0.29, 0.717) is 10.7 Å². The molecule has 3 nitrogen and oxygen atoms in total. The number of benzene rings is 1. The first-order valence-electron chi connectivity index (χ1n) is 4.84. The van der Waals surface area contributed by atoms with Gasteiger partial charge in [-0.1, -0.05) is 24.4 Å². The highest BCUT2D eigenvalue weighted by Crippen LogP contribution is 2.21. The van der Waals surface area contributed by atoms with Gasteiger partial charge < -0.3 is 10.4 Å². The van der Waals surface area contributed by atoms with E-state index in [9.17, 15) is 4.79 Å². The van der Waals surface area contributed by atoms with Gasteiger partial charge in [-0.15, -0.1) is 6.42 Å². The number of carboxylic acids is 1. The summed E-state index contributed by atoms with van der Waals surface area (Å²) in [7, 11) is 0. The number of hydrogen-bond donors (Lipinski definition) is 2. The molecule has 0 radical (unpaired) electrons. The summed E-state index contributed by atoms with van der Waals surface area (Å²) in [4.78, 5) is 11.0. The molecule has 1 unspecified atom stereocenters. The van der Waals surface area contributed by atoms with Crippen LogP contribution in [-0.4, -0.2) is 17.1 Å². The molecule has 0 aliphatic rings. The van der Waals surface area contributed by atoms with Crippen LogP contribution >= 0.6 is 11.6 Å². The Balaban J connectivity index is 3.04. The molecule has 2 N–H and O–H groups in total. The number of rotatable bonds is 4. The Bertz CT molecular complexity index is 437. The highest BCUT2D eigenvalue weighted by atomic mass is 35.5. The van der Waals surface area contributed by atoms with E-state index in [1.54, 1.807) is 12.1 Å². The second kappa shape index (κ2) is 5.43. The first-order chi connectivity index (χ1) is 7.58. The predicted octanol–water partition coefficient (Wildman–Crippen LogP) is 2.86. The van der Waals surface area contributed by atoms with Gasteiger partial charge in [0.05, 0.1) is 11.6 Å². The van der Waals surface area contributed by atoms with Crippen LogP contribution < -0.4 is 5.32 Å². The maximum Gasteiger partial charge on any atom is 0.337 e. The van der Waals surface area contributed by atoms with Crippen LogP contribution in [0.25, 0.3) is 0 Å². The Morgan fingerprint density at radius 3 is 2.88 bits per heavy atom. The van der Waals surface area contributed by atoms with Gasteiger partial charge in [0, 0.05) is 10.7 Å². The van der Waals surface area contributed by atoms with Crippen molar-refractivity contribution >= 4 is 23.3 Å². The van der Waals surface area contributed by atoms with E-state index in [4.69, 9.17) is 23.1 Å². The average molecular weight is 238 g/mol. The minimum absolute atomic E-state index is 0.126. The van der Waals surface area contributed by atoms with Gasteiger partial charge >= 0.3 is 5.97 Å². The predicted molar refractivity (Wildman–Crippen MR) is 64.9 cm³/mol. The summed E-state index contributed by atoms with van der Waals surface area (Å²) in [6, 6.07) is 4.46. The number of carbonyl (C=O) groups is 1. The Morgan fingerprint density at radius 1 is 1.69 bits per heavy atom. The van der Waals surface area contributed by atoms with Crippen LogP contribution in [0.1, 0.15) is 23.7 Å². The largest absolute Gasteiger partial charge is 0.478 e. The highest BCUT2D eigenvalue weighted by molar-refractivity contribution is 6.31. The fourth-order valence-corrected chi connectivity index (χ4v) is 1.44. The van der Waals surface area contributed by atoms with Crippen molar-refractivity contribution in [3.63, 3.8) is 0 Å². The molecule has 0 aromatic heterocycles. The first kappa shape index (κ1) is 12.4. The fourth-order valence-electron chi connectivity index (χ4n) is 1.27. The number of carboxylic acid groups (broad SMARTS) is 1. The monoisotopic (exact) mass is 237 g/mol. The Morgan fingerprint density at radius 2 is 2.38 bits per heavy atom. The van der Waals surface area contributed by atoms with Crippen LogP contribution in [-0.2, 0) is 0 Å². The molecule has 1 aromatic carbocycles. The lowest BCUT2D eigenvalue weighted by Gasteiger charge is -2.14. The third kappa shape index (κ3) is 2.91. The second-order valence-corrected chi connectivity index (χ2v) is 3.70. The Hall–Kier alpha value is -1.66.